The molecule has 1 atom stereocenters. The normalized spacial score (nSPS) is 19.0. The lowest BCUT2D eigenvalue weighted by Gasteiger charge is -2.27. The van der Waals surface area contributed by atoms with Crippen LogP contribution in [-0.2, 0) is 25.6 Å². The van der Waals surface area contributed by atoms with E-state index in [0.29, 0.717) is 13.2 Å². The van der Waals surface area contributed by atoms with Crippen LogP contribution in [0.4, 0.5) is 4.79 Å². The molecule has 6 nitrogen and oxygen atoms in total. The third-order valence-corrected chi connectivity index (χ3v) is 3.34. The van der Waals surface area contributed by atoms with Gasteiger partial charge in [-0.1, -0.05) is 30.3 Å². The van der Waals surface area contributed by atoms with Gasteiger partial charge in [0.2, 0.25) is 0 Å². The maximum atomic E-state index is 12.2. The predicted octanol–water partition coefficient (Wildman–Crippen LogP) is 2.41. The summed E-state index contributed by atoms with van der Waals surface area (Å²) in [5.41, 5.74) is 0.457. The minimum Gasteiger partial charge on any atom is -0.444 e. The number of hydrogen-bond donors (Lipinski definition) is 0. The standard InChI is InChI=1S/C18H25NO5/c1-18(2,3)24-17(21)19-9-15(20)12-23-16(10-19)13-22-11-14-7-5-4-6-8-14/h4-8,16H,9-13H2,1-3H3/t16-/m0/s1. The molecule has 24 heavy (non-hydrogen) atoms. The topological polar surface area (TPSA) is 65.1 Å². The van der Waals surface area contributed by atoms with Gasteiger partial charge in [-0.3, -0.25) is 9.69 Å². The molecule has 0 unspecified atom stereocenters. The van der Waals surface area contributed by atoms with E-state index >= 15 is 0 Å². The lowest BCUT2D eigenvalue weighted by atomic mass is 10.2. The third-order valence-electron chi connectivity index (χ3n) is 3.34. The van der Waals surface area contributed by atoms with E-state index in [9.17, 15) is 9.59 Å². The van der Waals surface area contributed by atoms with Gasteiger partial charge in [-0.2, -0.15) is 0 Å². The zero-order chi connectivity index (χ0) is 17.6. The number of nitrogens with zero attached hydrogens (tertiary/aromatic N) is 1. The molecule has 1 amide bonds. The Hall–Kier alpha value is -1.92. The number of benzene rings is 1. The Morgan fingerprint density at radius 3 is 2.67 bits per heavy atom. The van der Waals surface area contributed by atoms with E-state index in [0.717, 1.165) is 5.56 Å². The molecule has 0 bridgehead atoms. The van der Waals surface area contributed by atoms with E-state index in [1.807, 2.05) is 30.3 Å². The quantitative estimate of drug-likeness (QED) is 0.845. The fourth-order valence-corrected chi connectivity index (χ4v) is 2.28. The largest absolute Gasteiger partial charge is 0.444 e. The Bertz CT molecular complexity index is 552. The number of rotatable bonds is 4. The Morgan fingerprint density at radius 2 is 2.00 bits per heavy atom. The van der Waals surface area contributed by atoms with Crippen LogP contribution in [0.1, 0.15) is 26.3 Å². The Kier molecular flexibility index (Phi) is 6.34. The van der Waals surface area contributed by atoms with E-state index in [2.05, 4.69) is 0 Å². The third kappa shape index (κ3) is 6.29. The van der Waals surface area contributed by atoms with E-state index in [-0.39, 0.29) is 31.6 Å². The first-order valence-corrected chi connectivity index (χ1v) is 8.06. The van der Waals surface area contributed by atoms with Crippen LogP contribution in [0.3, 0.4) is 0 Å². The maximum Gasteiger partial charge on any atom is 0.410 e. The van der Waals surface area contributed by atoms with Crippen LogP contribution >= 0.6 is 0 Å². The molecule has 1 aromatic rings. The molecule has 1 fully saturated rings. The van der Waals surface area contributed by atoms with Gasteiger partial charge in [0.15, 0.2) is 5.78 Å². The number of carbonyl (C=O) groups excluding carboxylic acids is 2. The highest BCUT2D eigenvalue weighted by molar-refractivity contribution is 5.85. The van der Waals surface area contributed by atoms with Gasteiger partial charge in [0.25, 0.3) is 0 Å². The second-order valence-electron chi connectivity index (χ2n) is 6.83. The summed E-state index contributed by atoms with van der Waals surface area (Å²) in [6.07, 6.45) is -0.859. The zero-order valence-electron chi connectivity index (χ0n) is 14.5. The van der Waals surface area contributed by atoms with Gasteiger partial charge < -0.3 is 14.2 Å². The Morgan fingerprint density at radius 1 is 1.29 bits per heavy atom. The molecular formula is C18H25NO5. The van der Waals surface area contributed by atoms with Gasteiger partial charge in [0, 0.05) is 0 Å². The average Bonchev–Trinajstić information content (AvgIpc) is 2.69. The summed E-state index contributed by atoms with van der Waals surface area (Å²) in [4.78, 5) is 25.4. The van der Waals surface area contributed by atoms with Gasteiger partial charge in [-0.05, 0) is 26.3 Å². The summed E-state index contributed by atoms with van der Waals surface area (Å²) < 4.78 is 16.5. The SMILES string of the molecule is CC(C)(C)OC(=O)N1CC(=O)CO[C@H](COCc2ccccc2)C1. The highest BCUT2D eigenvalue weighted by Crippen LogP contribution is 2.13. The van der Waals surface area contributed by atoms with Crippen LogP contribution in [0.15, 0.2) is 30.3 Å². The first-order valence-electron chi connectivity index (χ1n) is 8.06. The zero-order valence-corrected chi connectivity index (χ0v) is 14.5. The van der Waals surface area contributed by atoms with E-state index < -0.39 is 11.7 Å². The van der Waals surface area contributed by atoms with Crippen molar-refractivity contribution in [2.24, 2.45) is 0 Å². The van der Waals surface area contributed by atoms with Crippen molar-refractivity contribution in [3.63, 3.8) is 0 Å². The van der Waals surface area contributed by atoms with Crippen molar-refractivity contribution in [1.82, 2.24) is 4.90 Å². The summed E-state index contributed by atoms with van der Waals surface area (Å²) >= 11 is 0. The van der Waals surface area contributed by atoms with Crippen LogP contribution in [0.5, 0.6) is 0 Å². The number of carbonyl (C=O) groups is 2. The second-order valence-corrected chi connectivity index (χ2v) is 6.83. The molecule has 0 aliphatic carbocycles. The highest BCUT2D eigenvalue weighted by Gasteiger charge is 2.29. The highest BCUT2D eigenvalue weighted by atomic mass is 16.6. The molecule has 1 heterocycles. The molecule has 0 spiro atoms. The Balaban J connectivity index is 1.88. The molecule has 1 aliphatic heterocycles. The fraction of sp³-hybridized carbons (Fsp3) is 0.556. The molecule has 0 saturated carbocycles. The first-order chi connectivity index (χ1) is 11.3. The molecule has 0 radical (unpaired) electrons. The van der Waals surface area contributed by atoms with Crippen LogP contribution in [0.2, 0.25) is 0 Å². The monoisotopic (exact) mass is 335 g/mol. The molecule has 1 aromatic carbocycles. The van der Waals surface area contributed by atoms with Crippen molar-refractivity contribution in [2.45, 2.75) is 39.1 Å². The minimum atomic E-state index is -0.605. The van der Waals surface area contributed by atoms with E-state index in [1.165, 1.54) is 4.90 Å². The predicted molar refractivity (Wildman–Crippen MR) is 88.7 cm³/mol. The molecular weight excluding hydrogens is 310 g/mol. The van der Waals surface area contributed by atoms with Crippen molar-refractivity contribution in [1.29, 1.82) is 0 Å². The van der Waals surface area contributed by atoms with Crippen molar-refractivity contribution >= 4 is 11.9 Å². The average molecular weight is 335 g/mol. The van der Waals surface area contributed by atoms with E-state index in [4.69, 9.17) is 14.2 Å². The van der Waals surface area contributed by atoms with Gasteiger partial charge in [-0.15, -0.1) is 0 Å². The minimum absolute atomic E-state index is 0.00407. The van der Waals surface area contributed by atoms with Gasteiger partial charge in [-0.25, -0.2) is 4.79 Å². The molecule has 0 N–H and O–H groups in total. The first kappa shape index (κ1) is 18.4. The Labute approximate surface area is 142 Å². The van der Waals surface area contributed by atoms with Crippen molar-refractivity contribution in [3.8, 4) is 0 Å². The number of Topliss-reactive ketones (excluding diaryl/α,β-unsaturated/α-hetero) is 1. The van der Waals surface area contributed by atoms with Crippen LogP contribution in [0.25, 0.3) is 0 Å². The lowest BCUT2D eigenvalue weighted by Crippen LogP contribution is -2.42. The summed E-state index contributed by atoms with van der Waals surface area (Å²) in [5.74, 6) is -0.147. The van der Waals surface area contributed by atoms with Crippen LogP contribution in [-0.4, -0.2) is 54.8 Å². The smallest absolute Gasteiger partial charge is 0.410 e. The molecule has 132 valence electrons. The van der Waals surface area contributed by atoms with Crippen molar-refractivity contribution < 1.29 is 23.8 Å². The summed E-state index contributed by atoms with van der Waals surface area (Å²) in [6.45, 7) is 6.41. The van der Waals surface area contributed by atoms with Crippen LogP contribution in [0, 0.1) is 0 Å². The van der Waals surface area contributed by atoms with Gasteiger partial charge in [0.1, 0.15) is 12.2 Å². The van der Waals surface area contributed by atoms with Gasteiger partial charge >= 0.3 is 6.09 Å². The lowest BCUT2D eigenvalue weighted by molar-refractivity contribution is -0.124. The summed E-state index contributed by atoms with van der Waals surface area (Å²) in [5, 5.41) is 0. The van der Waals surface area contributed by atoms with Crippen LogP contribution < -0.4 is 0 Å². The second kappa shape index (κ2) is 8.26. The number of ether oxygens (including phenoxy) is 3. The molecule has 2 rings (SSSR count). The van der Waals surface area contributed by atoms with Crippen molar-refractivity contribution in [2.75, 3.05) is 26.3 Å². The number of amides is 1. The molecule has 1 aliphatic rings. The number of hydrogen-bond acceptors (Lipinski definition) is 5. The number of ketones is 1. The van der Waals surface area contributed by atoms with E-state index in [1.54, 1.807) is 20.8 Å². The molecule has 6 heteroatoms. The molecule has 0 aromatic heterocycles. The molecule has 1 saturated heterocycles. The maximum absolute atomic E-state index is 12.2. The van der Waals surface area contributed by atoms with Crippen molar-refractivity contribution in [3.05, 3.63) is 35.9 Å². The fourth-order valence-electron chi connectivity index (χ4n) is 2.28. The van der Waals surface area contributed by atoms with Gasteiger partial charge in [0.05, 0.1) is 32.4 Å². The summed E-state index contributed by atoms with van der Waals surface area (Å²) in [6, 6.07) is 9.80. The summed E-state index contributed by atoms with van der Waals surface area (Å²) in [7, 11) is 0.